The predicted molar refractivity (Wildman–Crippen MR) is 67.1 cm³/mol. The van der Waals surface area contributed by atoms with Crippen molar-refractivity contribution in [2.45, 2.75) is 13.8 Å². The molecule has 1 aromatic carbocycles. The topological polar surface area (TPSA) is 51.3 Å². The Labute approximate surface area is 99.2 Å². The zero-order valence-electron chi connectivity index (χ0n) is 10.4. The summed E-state index contributed by atoms with van der Waals surface area (Å²) in [6.45, 7) is 3.70. The second-order valence-corrected chi connectivity index (χ2v) is 3.95. The molecule has 0 atom stereocenters. The van der Waals surface area contributed by atoms with E-state index in [1.54, 1.807) is 14.0 Å². The van der Waals surface area contributed by atoms with Crippen LogP contribution in [0.15, 0.2) is 16.9 Å². The lowest BCUT2D eigenvalue weighted by Gasteiger charge is -2.11. The van der Waals surface area contributed by atoms with Crippen LogP contribution in [0, 0.1) is 13.8 Å². The van der Waals surface area contributed by atoms with Crippen molar-refractivity contribution < 1.29 is 9.47 Å². The van der Waals surface area contributed by atoms with Gasteiger partial charge >= 0.3 is 0 Å². The van der Waals surface area contributed by atoms with Crippen molar-refractivity contribution >= 4 is 10.9 Å². The molecule has 0 fully saturated rings. The first-order chi connectivity index (χ1) is 8.10. The monoisotopic (exact) mass is 233 g/mol. The van der Waals surface area contributed by atoms with Crippen LogP contribution >= 0.6 is 0 Å². The summed E-state index contributed by atoms with van der Waals surface area (Å²) in [4.78, 5) is 15.4. The fourth-order valence-electron chi connectivity index (χ4n) is 2.05. The molecule has 1 heterocycles. The largest absolute Gasteiger partial charge is 0.495 e. The van der Waals surface area contributed by atoms with E-state index in [9.17, 15) is 4.79 Å². The van der Waals surface area contributed by atoms with Crippen molar-refractivity contribution in [1.82, 2.24) is 4.98 Å². The van der Waals surface area contributed by atoms with E-state index in [0.717, 1.165) is 11.1 Å². The van der Waals surface area contributed by atoms with Crippen LogP contribution in [0.3, 0.4) is 0 Å². The Hall–Kier alpha value is -1.97. The van der Waals surface area contributed by atoms with Gasteiger partial charge in [0.2, 0.25) is 5.43 Å². The third-order valence-corrected chi connectivity index (χ3v) is 2.89. The summed E-state index contributed by atoms with van der Waals surface area (Å²) in [7, 11) is 3.08. The number of aromatic nitrogens is 1. The Morgan fingerprint density at radius 3 is 2.41 bits per heavy atom. The molecule has 1 aromatic heterocycles. The van der Waals surface area contributed by atoms with E-state index in [0.29, 0.717) is 22.6 Å². The summed E-state index contributed by atoms with van der Waals surface area (Å²) in [5, 5.41) is 0.617. The molecule has 4 heteroatoms. The summed E-state index contributed by atoms with van der Waals surface area (Å²) >= 11 is 0. The Bertz CT molecular complexity index is 629. The molecule has 4 nitrogen and oxygen atoms in total. The molecule has 0 bridgehead atoms. The lowest BCUT2D eigenvalue weighted by Crippen LogP contribution is -2.11. The number of nitrogens with one attached hydrogen (secondary N) is 1. The van der Waals surface area contributed by atoms with Crippen LogP contribution in [0.4, 0.5) is 0 Å². The zero-order chi connectivity index (χ0) is 12.6. The number of methoxy groups -OCH3 is 2. The van der Waals surface area contributed by atoms with Crippen LogP contribution < -0.4 is 14.9 Å². The molecular formula is C13H15NO3. The van der Waals surface area contributed by atoms with Crippen LogP contribution in [-0.2, 0) is 0 Å². The molecule has 0 aliphatic carbocycles. The third-order valence-electron chi connectivity index (χ3n) is 2.89. The van der Waals surface area contributed by atoms with Gasteiger partial charge in [0.15, 0.2) is 5.75 Å². The van der Waals surface area contributed by atoms with E-state index in [1.165, 1.54) is 7.11 Å². The van der Waals surface area contributed by atoms with Gasteiger partial charge in [-0.2, -0.15) is 0 Å². The van der Waals surface area contributed by atoms with Crippen molar-refractivity contribution in [3.05, 3.63) is 33.6 Å². The van der Waals surface area contributed by atoms with Crippen molar-refractivity contribution in [2.24, 2.45) is 0 Å². The summed E-state index contributed by atoms with van der Waals surface area (Å²) in [6.07, 6.45) is 0. The number of ether oxygens (including phenoxy) is 2. The second kappa shape index (κ2) is 4.13. The van der Waals surface area contributed by atoms with Crippen molar-refractivity contribution in [3.63, 3.8) is 0 Å². The minimum atomic E-state index is -0.102. The van der Waals surface area contributed by atoms with Crippen LogP contribution in [0.1, 0.15) is 11.3 Å². The Balaban J connectivity index is 3.00. The highest BCUT2D eigenvalue weighted by atomic mass is 16.5. The fraction of sp³-hybridized carbons (Fsp3) is 0.308. The average molecular weight is 233 g/mol. The summed E-state index contributed by atoms with van der Waals surface area (Å²) in [5.41, 5.74) is 2.22. The molecule has 2 rings (SSSR count). The first kappa shape index (κ1) is 11.5. The Morgan fingerprint density at radius 1 is 1.12 bits per heavy atom. The number of aromatic amines is 1. The van der Waals surface area contributed by atoms with Crippen LogP contribution in [0.2, 0.25) is 0 Å². The molecular weight excluding hydrogens is 218 g/mol. The summed E-state index contributed by atoms with van der Waals surface area (Å²) in [6, 6.07) is 3.71. The molecule has 0 aliphatic rings. The van der Waals surface area contributed by atoms with E-state index < -0.39 is 0 Å². The SMILES string of the molecule is COc1c(C)[nH]c2c(OC)ccc(C)c2c1=O. The average Bonchev–Trinajstić information content (AvgIpc) is 2.29. The van der Waals surface area contributed by atoms with E-state index >= 15 is 0 Å². The molecule has 0 aliphatic heterocycles. The standard InChI is InChI=1S/C13H15NO3/c1-7-5-6-9(16-3)11-10(7)12(15)13(17-4)8(2)14-11/h5-6H,1-4H3,(H,14,15). The Morgan fingerprint density at radius 2 is 1.82 bits per heavy atom. The number of aryl methyl sites for hydroxylation is 2. The van der Waals surface area contributed by atoms with Crippen molar-refractivity contribution in [3.8, 4) is 11.5 Å². The molecule has 0 radical (unpaired) electrons. The van der Waals surface area contributed by atoms with Gasteiger partial charge in [-0.3, -0.25) is 4.79 Å². The van der Waals surface area contributed by atoms with Crippen molar-refractivity contribution in [1.29, 1.82) is 0 Å². The van der Waals surface area contributed by atoms with Gasteiger partial charge in [0, 0.05) is 0 Å². The van der Waals surface area contributed by atoms with Gasteiger partial charge in [0.25, 0.3) is 0 Å². The number of fused-ring (bicyclic) bond motifs is 1. The second-order valence-electron chi connectivity index (χ2n) is 3.95. The van der Waals surface area contributed by atoms with E-state index in [2.05, 4.69) is 4.98 Å². The van der Waals surface area contributed by atoms with Crippen LogP contribution in [-0.4, -0.2) is 19.2 Å². The quantitative estimate of drug-likeness (QED) is 0.864. The minimum absolute atomic E-state index is 0.102. The van der Waals surface area contributed by atoms with E-state index in [1.807, 2.05) is 19.1 Å². The fourth-order valence-corrected chi connectivity index (χ4v) is 2.05. The molecule has 17 heavy (non-hydrogen) atoms. The zero-order valence-corrected chi connectivity index (χ0v) is 10.4. The van der Waals surface area contributed by atoms with Crippen LogP contribution in [0.25, 0.3) is 10.9 Å². The van der Waals surface area contributed by atoms with Gasteiger partial charge in [-0.25, -0.2) is 0 Å². The maximum Gasteiger partial charge on any atom is 0.231 e. The third kappa shape index (κ3) is 1.65. The predicted octanol–water partition coefficient (Wildman–Crippen LogP) is 2.16. The van der Waals surface area contributed by atoms with Gasteiger partial charge < -0.3 is 14.5 Å². The lowest BCUT2D eigenvalue weighted by atomic mass is 10.1. The van der Waals surface area contributed by atoms with Crippen molar-refractivity contribution in [2.75, 3.05) is 14.2 Å². The first-order valence-corrected chi connectivity index (χ1v) is 5.34. The number of rotatable bonds is 2. The molecule has 2 aromatic rings. The molecule has 0 amide bonds. The number of hydrogen-bond donors (Lipinski definition) is 1. The minimum Gasteiger partial charge on any atom is -0.495 e. The molecule has 1 N–H and O–H groups in total. The number of benzene rings is 1. The highest BCUT2D eigenvalue weighted by Crippen LogP contribution is 2.26. The molecule has 0 saturated carbocycles. The number of pyridine rings is 1. The van der Waals surface area contributed by atoms with Gasteiger partial charge in [-0.05, 0) is 25.5 Å². The van der Waals surface area contributed by atoms with Gasteiger partial charge in [-0.15, -0.1) is 0 Å². The summed E-state index contributed by atoms with van der Waals surface area (Å²) < 4.78 is 10.4. The molecule has 0 unspecified atom stereocenters. The maximum atomic E-state index is 12.3. The first-order valence-electron chi connectivity index (χ1n) is 5.34. The normalized spacial score (nSPS) is 10.6. The highest BCUT2D eigenvalue weighted by Gasteiger charge is 2.14. The van der Waals surface area contributed by atoms with Gasteiger partial charge in [-0.1, -0.05) is 6.07 Å². The number of H-pyrrole nitrogens is 1. The Kier molecular flexibility index (Phi) is 2.79. The summed E-state index contributed by atoms with van der Waals surface area (Å²) in [5.74, 6) is 1.02. The number of hydrogen-bond acceptors (Lipinski definition) is 3. The highest BCUT2D eigenvalue weighted by molar-refractivity contribution is 5.88. The molecule has 0 spiro atoms. The van der Waals surface area contributed by atoms with E-state index in [-0.39, 0.29) is 5.43 Å². The van der Waals surface area contributed by atoms with Gasteiger partial charge in [0.05, 0.1) is 30.8 Å². The van der Waals surface area contributed by atoms with E-state index in [4.69, 9.17) is 9.47 Å². The van der Waals surface area contributed by atoms with Crippen LogP contribution in [0.5, 0.6) is 11.5 Å². The maximum absolute atomic E-state index is 12.3. The molecule has 0 saturated heterocycles. The van der Waals surface area contributed by atoms with Gasteiger partial charge in [0.1, 0.15) is 5.75 Å². The smallest absolute Gasteiger partial charge is 0.231 e. The molecule has 90 valence electrons. The lowest BCUT2D eigenvalue weighted by molar-refractivity contribution is 0.405.